The molecule has 1 unspecified atom stereocenters. The molecule has 3 aromatic rings. The van der Waals surface area contributed by atoms with Crippen LogP contribution in [-0.2, 0) is 45.7 Å². The standard InChI is InChI=1S/C32H36N4O3/c1-21(2)14-30(38)36(19-24-9-5-4-8-23(24)18-33-3)20-29(37)34-26-13-12-22-16-32(17-25(22)15-26)27-10-6-7-11-28(27)35-31(32)39/h4-13,15,21,33H,14,16-20H2,1-3H3,(H,34,37)(H,35,39). The summed E-state index contributed by atoms with van der Waals surface area (Å²) in [6, 6.07) is 21.7. The summed E-state index contributed by atoms with van der Waals surface area (Å²) in [4.78, 5) is 41.0. The van der Waals surface area contributed by atoms with Crippen LogP contribution in [0.4, 0.5) is 11.4 Å². The summed E-state index contributed by atoms with van der Waals surface area (Å²) in [6.45, 7) is 5.04. The summed E-state index contributed by atoms with van der Waals surface area (Å²) in [5.74, 6) is -0.0584. The van der Waals surface area contributed by atoms with E-state index < -0.39 is 5.41 Å². The van der Waals surface area contributed by atoms with Gasteiger partial charge in [-0.3, -0.25) is 14.4 Å². The third kappa shape index (κ3) is 5.45. The fourth-order valence-electron chi connectivity index (χ4n) is 5.84. The van der Waals surface area contributed by atoms with E-state index >= 15 is 0 Å². The molecule has 3 N–H and O–H groups in total. The van der Waals surface area contributed by atoms with E-state index in [2.05, 4.69) is 16.0 Å². The van der Waals surface area contributed by atoms with Gasteiger partial charge in [0.2, 0.25) is 17.7 Å². The lowest BCUT2D eigenvalue weighted by atomic mass is 9.79. The molecule has 1 heterocycles. The van der Waals surface area contributed by atoms with Crippen molar-refractivity contribution in [1.82, 2.24) is 10.2 Å². The largest absolute Gasteiger partial charge is 0.329 e. The van der Waals surface area contributed by atoms with E-state index in [4.69, 9.17) is 0 Å². The Morgan fingerprint density at radius 3 is 2.46 bits per heavy atom. The van der Waals surface area contributed by atoms with Crippen molar-refractivity contribution in [1.29, 1.82) is 0 Å². The number of para-hydroxylation sites is 1. The Hall–Kier alpha value is -3.97. The molecule has 0 bridgehead atoms. The second-order valence-electron chi connectivity index (χ2n) is 11.1. The summed E-state index contributed by atoms with van der Waals surface area (Å²) in [5.41, 5.74) is 6.31. The van der Waals surface area contributed by atoms with Crippen molar-refractivity contribution in [2.45, 2.75) is 51.6 Å². The van der Waals surface area contributed by atoms with Gasteiger partial charge < -0.3 is 20.9 Å². The van der Waals surface area contributed by atoms with E-state index in [1.165, 1.54) is 0 Å². The van der Waals surface area contributed by atoms with Crippen LogP contribution in [0.3, 0.4) is 0 Å². The molecule has 0 fully saturated rings. The predicted octanol–water partition coefficient (Wildman–Crippen LogP) is 4.41. The number of fused-ring (bicyclic) bond motifs is 3. The SMILES string of the molecule is CNCc1ccccc1CN(CC(=O)Nc1ccc2c(c1)CC1(C2)C(=O)Nc2ccccc21)C(=O)CC(C)C. The molecular weight excluding hydrogens is 488 g/mol. The van der Waals surface area contributed by atoms with Gasteiger partial charge in [-0.25, -0.2) is 0 Å². The Bertz CT molecular complexity index is 1420. The average molecular weight is 525 g/mol. The molecule has 1 aliphatic carbocycles. The van der Waals surface area contributed by atoms with Crippen molar-refractivity contribution in [3.8, 4) is 0 Å². The molecule has 39 heavy (non-hydrogen) atoms. The number of anilines is 2. The lowest BCUT2D eigenvalue weighted by molar-refractivity contribution is -0.136. The van der Waals surface area contributed by atoms with Gasteiger partial charge in [-0.2, -0.15) is 0 Å². The zero-order chi connectivity index (χ0) is 27.6. The molecule has 1 atom stereocenters. The van der Waals surface area contributed by atoms with Gasteiger partial charge in [0.25, 0.3) is 0 Å². The molecule has 2 aliphatic rings. The minimum Gasteiger partial charge on any atom is -0.329 e. The molecular formula is C32H36N4O3. The molecule has 0 saturated heterocycles. The maximum atomic E-state index is 13.2. The Morgan fingerprint density at radius 1 is 0.974 bits per heavy atom. The summed E-state index contributed by atoms with van der Waals surface area (Å²) >= 11 is 0. The van der Waals surface area contributed by atoms with E-state index in [1.807, 2.05) is 87.6 Å². The first-order valence-corrected chi connectivity index (χ1v) is 13.6. The number of amides is 3. The summed E-state index contributed by atoms with van der Waals surface area (Å²) in [7, 11) is 1.89. The number of nitrogens with zero attached hydrogens (tertiary/aromatic N) is 1. The Labute approximate surface area is 230 Å². The first-order chi connectivity index (χ1) is 18.8. The van der Waals surface area contributed by atoms with Crippen LogP contribution in [0.1, 0.15) is 48.1 Å². The van der Waals surface area contributed by atoms with Crippen molar-refractivity contribution in [3.63, 3.8) is 0 Å². The highest BCUT2D eigenvalue weighted by Gasteiger charge is 2.50. The average Bonchev–Trinajstić information content (AvgIpc) is 3.41. The molecule has 7 nitrogen and oxygen atoms in total. The maximum absolute atomic E-state index is 13.2. The number of hydrogen-bond acceptors (Lipinski definition) is 4. The molecule has 1 spiro atoms. The number of carbonyl (C=O) groups is 3. The van der Waals surface area contributed by atoms with E-state index in [0.29, 0.717) is 38.0 Å². The van der Waals surface area contributed by atoms with Gasteiger partial charge in [0, 0.05) is 30.9 Å². The van der Waals surface area contributed by atoms with Crippen molar-refractivity contribution in [2.24, 2.45) is 5.92 Å². The van der Waals surface area contributed by atoms with Crippen molar-refractivity contribution >= 4 is 29.1 Å². The second-order valence-corrected chi connectivity index (χ2v) is 11.1. The van der Waals surface area contributed by atoms with Gasteiger partial charge in [-0.05, 0) is 71.8 Å². The topological polar surface area (TPSA) is 90.5 Å². The van der Waals surface area contributed by atoms with Crippen LogP contribution >= 0.6 is 0 Å². The van der Waals surface area contributed by atoms with Crippen molar-refractivity contribution in [2.75, 3.05) is 24.2 Å². The molecule has 0 radical (unpaired) electrons. The zero-order valence-electron chi connectivity index (χ0n) is 22.8. The summed E-state index contributed by atoms with van der Waals surface area (Å²) < 4.78 is 0. The molecule has 5 rings (SSSR count). The lowest BCUT2D eigenvalue weighted by Crippen LogP contribution is -2.38. The fourth-order valence-corrected chi connectivity index (χ4v) is 5.84. The maximum Gasteiger partial charge on any atom is 0.244 e. The molecule has 202 valence electrons. The van der Waals surface area contributed by atoms with Crippen LogP contribution in [0, 0.1) is 5.92 Å². The normalized spacial score (nSPS) is 17.2. The van der Waals surface area contributed by atoms with E-state index in [9.17, 15) is 14.4 Å². The van der Waals surface area contributed by atoms with Gasteiger partial charge in [0.1, 0.15) is 6.54 Å². The first-order valence-electron chi connectivity index (χ1n) is 13.6. The van der Waals surface area contributed by atoms with E-state index in [1.54, 1.807) is 4.90 Å². The molecule has 0 saturated carbocycles. The number of hydrogen-bond donors (Lipinski definition) is 3. The highest BCUT2D eigenvalue weighted by Crippen LogP contribution is 2.47. The number of rotatable bonds is 9. The second kappa shape index (κ2) is 11.0. The highest BCUT2D eigenvalue weighted by atomic mass is 16.2. The van der Waals surface area contributed by atoms with Crippen molar-refractivity contribution < 1.29 is 14.4 Å². The monoisotopic (exact) mass is 524 g/mol. The van der Waals surface area contributed by atoms with Gasteiger partial charge >= 0.3 is 0 Å². The number of nitrogens with one attached hydrogen (secondary N) is 3. The third-order valence-electron chi connectivity index (χ3n) is 7.72. The Morgan fingerprint density at radius 2 is 1.69 bits per heavy atom. The van der Waals surface area contributed by atoms with Crippen LogP contribution in [0.2, 0.25) is 0 Å². The first kappa shape index (κ1) is 26.6. The number of carbonyl (C=O) groups excluding carboxylic acids is 3. The number of benzene rings is 3. The Kier molecular flexibility index (Phi) is 7.53. The highest BCUT2D eigenvalue weighted by molar-refractivity contribution is 6.07. The van der Waals surface area contributed by atoms with Crippen LogP contribution < -0.4 is 16.0 Å². The third-order valence-corrected chi connectivity index (χ3v) is 7.72. The van der Waals surface area contributed by atoms with E-state index in [0.717, 1.165) is 33.5 Å². The quantitative estimate of drug-likeness (QED) is 0.387. The van der Waals surface area contributed by atoms with Gasteiger partial charge in [0.05, 0.1) is 5.41 Å². The lowest BCUT2D eigenvalue weighted by Gasteiger charge is -2.24. The van der Waals surface area contributed by atoms with Gasteiger partial charge in [-0.15, -0.1) is 0 Å². The summed E-state index contributed by atoms with van der Waals surface area (Å²) in [5, 5.41) is 9.21. The fraction of sp³-hybridized carbons (Fsp3) is 0.344. The minimum atomic E-state index is -0.595. The predicted molar refractivity (Wildman–Crippen MR) is 153 cm³/mol. The molecule has 3 amide bonds. The van der Waals surface area contributed by atoms with E-state index in [-0.39, 0.29) is 30.2 Å². The van der Waals surface area contributed by atoms with Crippen LogP contribution in [0.5, 0.6) is 0 Å². The molecule has 7 heteroatoms. The van der Waals surface area contributed by atoms with Crippen molar-refractivity contribution in [3.05, 3.63) is 94.5 Å². The Balaban J connectivity index is 1.31. The van der Waals surface area contributed by atoms with Crippen LogP contribution in [0.25, 0.3) is 0 Å². The van der Waals surface area contributed by atoms with Gasteiger partial charge in [0.15, 0.2) is 0 Å². The minimum absolute atomic E-state index is 0.0309. The van der Waals surface area contributed by atoms with Gasteiger partial charge in [-0.1, -0.05) is 62.4 Å². The van der Waals surface area contributed by atoms with Crippen LogP contribution in [-0.4, -0.2) is 36.2 Å². The molecule has 0 aromatic heterocycles. The summed E-state index contributed by atoms with van der Waals surface area (Å²) in [6.07, 6.45) is 1.62. The molecule has 3 aromatic carbocycles. The zero-order valence-corrected chi connectivity index (χ0v) is 22.8. The molecule has 1 aliphatic heterocycles. The van der Waals surface area contributed by atoms with Crippen LogP contribution in [0.15, 0.2) is 66.7 Å². The smallest absolute Gasteiger partial charge is 0.244 e.